The SMILES string of the molecule is O=C(Cc1ccc(NS(=O)(=O)c2ccc(F)cc2)cc1)Nc1ccc(OC(F)(F)F)cc1. The van der Waals surface area contributed by atoms with Crippen LogP contribution in [-0.4, -0.2) is 20.7 Å². The largest absolute Gasteiger partial charge is 0.573 e. The highest BCUT2D eigenvalue weighted by Crippen LogP contribution is 2.24. The Hall–Kier alpha value is -3.60. The molecule has 0 aliphatic carbocycles. The monoisotopic (exact) mass is 468 g/mol. The maximum atomic E-state index is 13.0. The van der Waals surface area contributed by atoms with E-state index in [1.807, 2.05) is 0 Å². The van der Waals surface area contributed by atoms with Crippen LogP contribution in [0.3, 0.4) is 0 Å². The number of sulfonamides is 1. The summed E-state index contributed by atoms with van der Waals surface area (Å²) in [4.78, 5) is 12.1. The second kappa shape index (κ2) is 9.27. The second-order valence-electron chi connectivity index (χ2n) is 6.55. The van der Waals surface area contributed by atoms with Crippen LogP contribution in [0.5, 0.6) is 5.75 Å². The van der Waals surface area contributed by atoms with Gasteiger partial charge in [-0.2, -0.15) is 0 Å². The topological polar surface area (TPSA) is 84.5 Å². The first kappa shape index (κ1) is 23.1. The Bertz CT molecular complexity index is 1180. The molecule has 2 N–H and O–H groups in total. The number of anilines is 2. The van der Waals surface area contributed by atoms with E-state index < -0.39 is 33.9 Å². The van der Waals surface area contributed by atoms with Gasteiger partial charge in [0.05, 0.1) is 11.3 Å². The van der Waals surface area contributed by atoms with E-state index in [-0.39, 0.29) is 22.7 Å². The summed E-state index contributed by atoms with van der Waals surface area (Å²) >= 11 is 0. The van der Waals surface area contributed by atoms with Crippen LogP contribution < -0.4 is 14.8 Å². The number of ether oxygens (including phenoxy) is 1. The molecular formula is C21H16F4N2O4S. The van der Waals surface area contributed by atoms with Crippen molar-refractivity contribution in [2.24, 2.45) is 0 Å². The minimum atomic E-state index is -4.80. The van der Waals surface area contributed by atoms with E-state index in [1.165, 1.54) is 24.3 Å². The molecule has 1 amide bonds. The molecule has 0 saturated carbocycles. The number of amides is 1. The molecular weight excluding hydrogens is 452 g/mol. The van der Waals surface area contributed by atoms with Gasteiger partial charge in [-0.05, 0) is 66.2 Å². The van der Waals surface area contributed by atoms with Gasteiger partial charge in [0, 0.05) is 11.4 Å². The summed E-state index contributed by atoms with van der Waals surface area (Å²) in [5, 5.41) is 2.54. The number of hydrogen-bond acceptors (Lipinski definition) is 4. The highest BCUT2D eigenvalue weighted by molar-refractivity contribution is 7.92. The molecule has 11 heteroatoms. The van der Waals surface area contributed by atoms with Gasteiger partial charge in [0.2, 0.25) is 5.91 Å². The van der Waals surface area contributed by atoms with E-state index in [1.54, 1.807) is 12.1 Å². The summed E-state index contributed by atoms with van der Waals surface area (Å²) in [7, 11) is -3.90. The zero-order chi connectivity index (χ0) is 23.4. The van der Waals surface area contributed by atoms with Crippen LogP contribution in [0.25, 0.3) is 0 Å². The van der Waals surface area contributed by atoms with Gasteiger partial charge in [-0.25, -0.2) is 12.8 Å². The lowest BCUT2D eigenvalue weighted by Crippen LogP contribution is -2.17. The van der Waals surface area contributed by atoms with E-state index >= 15 is 0 Å². The van der Waals surface area contributed by atoms with Gasteiger partial charge in [-0.3, -0.25) is 9.52 Å². The van der Waals surface area contributed by atoms with Crippen LogP contribution in [0.15, 0.2) is 77.7 Å². The first-order valence-corrected chi connectivity index (χ1v) is 10.5. The quantitative estimate of drug-likeness (QED) is 0.492. The maximum Gasteiger partial charge on any atom is 0.573 e. The van der Waals surface area contributed by atoms with Crippen molar-refractivity contribution in [3.8, 4) is 5.75 Å². The normalized spacial score (nSPS) is 11.6. The fourth-order valence-electron chi connectivity index (χ4n) is 2.65. The fraction of sp³-hybridized carbons (Fsp3) is 0.0952. The molecule has 0 aromatic heterocycles. The average Bonchev–Trinajstić information content (AvgIpc) is 2.70. The predicted molar refractivity (Wildman–Crippen MR) is 109 cm³/mol. The molecule has 0 atom stereocenters. The smallest absolute Gasteiger partial charge is 0.406 e. The zero-order valence-corrected chi connectivity index (χ0v) is 17.0. The summed E-state index contributed by atoms with van der Waals surface area (Å²) in [5.74, 6) is -1.39. The standard InChI is InChI=1S/C21H16F4N2O4S/c22-15-3-11-19(12-4-15)32(29,30)27-17-5-1-14(2-6-17)13-20(28)26-16-7-9-18(10-8-16)31-21(23,24)25/h1-12,27H,13H2,(H,26,28). The van der Waals surface area contributed by atoms with E-state index in [9.17, 15) is 30.8 Å². The minimum Gasteiger partial charge on any atom is -0.406 e. The molecule has 3 rings (SSSR count). The zero-order valence-electron chi connectivity index (χ0n) is 16.2. The summed E-state index contributed by atoms with van der Waals surface area (Å²) in [6.45, 7) is 0. The summed E-state index contributed by atoms with van der Waals surface area (Å²) in [6.07, 6.45) is -4.85. The Morgan fingerprint density at radius 2 is 1.41 bits per heavy atom. The first-order chi connectivity index (χ1) is 15.0. The lowest BCUT2D eigenvalue weighted by molar-refractivity contribution is -0.274. The minimum absolute atomic E-state index is 0.0498. The second-order valence-corrected chi connectivity index (χ2v) is 8.24. The molecule has 0 aliphatic heterocycles. The molecule has 0 saturated heterocycles. The molecule has 0 bridgehead atoms. The van der Waals surface area contributed by atoms with Gasteiger partial charge >= 0.3 is 6.36 Å². The predicted octanol–water partition coefficient (Wildman–Crippen LogP) is 4.71. The molecule has 0 aliphatic rings. The molecule has 32 heavy (non-hydrogen) atoms. The van der Waals surface area contributed by atoms with Crippen LogP contribution in [0, 0.1) is 5.82 Å². The first-order valence-electron chi connectivity index (χ1n) is 9.03. The van der Waals surface area contributed by atoms with Crippen LogP contribution in [0.4, 0.5) is 28.9 Å². The molecule has 3 aromatic carbocycles. The molecule has 0 radical (unpaired) electrons. The van der Waals surface area contributed by atoms with Crippen molar-refractivity contribution in [1.29, 1.82) is 0 Å². The summed E-state index contributed by atoms with van der Waals surface area (Å²) in [5.41, 5.74) is 1.11. The Balaban J connectivity index is 1.57. The number of benzene rings is 3. The Morgan fingerprint density at radius 3 is 1.97 bits per heavy atom. The van der Waals surface area contributed by atoms with E-state index in [0.29, 0.717) is 5.56 Å². The van der Waals surface area contributed by atoms with E-state index in [4.69, 9.17) is 0 Å². The summed E-state index contributed by atoms with van der Waals surface area (Å²) < 4.78 is 80.2. The van der Waals surface area contributed by atoms with E-state index in [0.717, 1.165) is 36.4 Å². The van der Waals surface area contributed by atoms with Crippen LogP contribution in [-0.2, 0) is 21.2 Å². The van der Waals surface area contributed by atoms with Crippen LogP contribution in [0.2, 0.25) is 0 Å². The van der Waals surface area contributed by atoms with Crippen molar-refractivity contribution in [3.63, 3.8) is 0 Å². The third kappa shape index (κ3) is 6.71. The molecule has 0 spiro atoms. The average molecular weight is 468 g/mol. The van der Waals surface area contributed by atoms with Crippen molar-refractivity contribution in [3.05, 3.63) is 84.2 Å². The van der Waals surface area contributed by atoms with Crippen molar-refractivity contribution in [2.45, 2.75) is 17.7 Å². The molecule has 6 nitrogen and oxygen atoms in total. The highest BCUT2D eigenvalue weighted by Gasteiger charge is 2.30. The van der Waals surface area contributed by atoms with Crippen molar-refractivity contribution in [2.75, 3.05) is 10.0 Å². The number of alkyl halides is 3. The third-order valence-corrected chi connectivity index (χ3v) is 5.46. The van der Waals surface area contributed by atoms with Crippen molar-refractivity contribution < 1.29 is 35.5 Å². The van der Waals surface area contributed by atoms with Crippen LogP contribution >= 0.6 is 0 Å². The van der Waals surface area contributed by atoms with Crippen molar-refractivity contribution in [1.82, 2.24) is 0 Å². The maximum absolute atomic E-state index is 13.0. The Kier molecular flexibility index (Phi) is 6.68. The molecule has 3 aromatic rings. The number of halogens is 4. The molecule has 0 unspecified atom stereocenters. The number of carbonyl (C=O) groups is 1. The highest BCUT2D eigenvalue weighted by atomic mass is 32.2. The van der Waals surface area contributed by atoms with Gasteiger partial charge in [0.1, 0.15) is 11.6 Å². The Labute approximate surface area is 180 Å². The third-order valence-electron chi connectivity index (χ3n) is 4.07. The number of nitrogens with one attached hydrogen (secondary N) is 2. The van der Waals surface area contributed by atoms with E-state index in [2.05, 4.69) is 14.8 Å². The molecule has 0 fully saturated rings. The van der Waals surface area contributed by atoms with Crippen molar-refractivity contribution >= 4 is 27.3 Å². The number of rotatable bonds is 7. The van der Waals surface area contributed by atoms with Gasteiger partial charge in [-0.1, -0.05) is 12.1 Å². The van der Waals surface area contributed by atoms with Crippen LogP contribution in [0.1, 0.15) is 5.56 Å². The lowest BCUT2D eigenvalue weighted by atomic mass is 10.1. The molecule has 0 heterocycles. The number of hydrogen-bond donors (Lipinski definition) is 2. The van der Waals surface area contributed by atoms with Gasteiger partial charge in [0.15, 0.2) is 0 Å². The summed E-state index contributed by atoms with van der Waals surface area (Å²) in [6, 6.07) is 15.1. The lowest BCUT2D eigenvalue weighted by Gasteiger charge is -2.10. The molecule has 168 valence electrons. The Morgan fingerprint density at radius 1 is 0.844 bits per heavy atom. The fourth-order valence-corrected chi connectivity index (χ4v) is 3.71. The van der Waals surface area contributed by atoms with Gasteiger partial charge in [0.25, 0.3) is 10.0 Å². The van der Waals surface area contributed by atoms with Gasteiger partial charge in [-0.15, -0.1) is 13.2 Å². The number of carbonyl (C=O) groups excluding carboxylic acids is 1. The van der Waals surface area contributed by atoms with Gasteiger partial charge < -0.3 is 10.1 Å².